The minimum atomic E-state index is 0.0900. The van der Waals surface area contributed by atoms with Crippen molar-refractivity contribution < 1.29 is 4.74 Å². The van der Waals surface area contributed by atoms with E-state index in [0.717, 1.165) is 25.9 Å². The molecule has 0 amide bonds. The summed E-state index contributed by atoms with van der Waals surface area (Å²) in [6.07, 6.45) is 8.70. The minimum absolute atomic E-state index is 0.0900. The Morgan fingerprint density at radius 2 is 1.67 bits per heavy atom. The van der Waals surface area contributed by atoms with Crippen molar-refractivity contribution in [2.75, 3.05) is 13.1 Å². The Morgan fingerprint density at radius 3 is 2.33 bits per heavy atom. The Morgan fingerprint density at radius 1 is 0.944 bits per heavy atom. The summed E-state index contributed by atoms with van der Waals surface area (Å²) in [6, 6.07) is 0. The fraction of sp³-hybridized carbons (Fsp3) is 1.00. The van der Waals surface area contributed by atoms with E-state index in [9.17, 15) is 0 Å². The highest BCUT2D eigenvalue weighted by Gasteiger charge is 2.45. The lowest BCUT2D eigenvalue weighted by atomic mass is 9.83. The Bertz CT molecular complexity index is 283. The second kappa shape index (κ2) is 5.13. The first kappa shape index (κ1) is 14.3. The molecule has 1 spiro atoms. The molecule has 2 aliphatic rings. The van der Waals surface area contributed by atoms with Crippen LogP contribution in [0.25, 0.3) is 0 Å². The highest BCUT2D eigenvalue weighted by Crippen LogP contribution is 2.43. The SMILES string of the molecule is CCC1(CC)CNCC2(CCCC(C)(C)CC2)O1. The number of hydrogen-bond donors (Lipinski definition) is 1. The van der Waals surface area contributed by atoms with E-state index >= 15 is 0 Å². The van der Waals surface area contributed by atoms with E-state index in [-0.39, 0.29) is 11.2 Å². The quantitative estimate of drug-likeness (QED) is 0.806. The summed E-state index contributed by atoms with van der Waals surface area (Å²) >= 11 is 0. The topological polar surface area (TPSA) is 21.3 Å². The van der Waals surface area contributed by atoms with Gasteiger partial charge in [-0.15, -0.1) is 0 Å². The van der Waals surface area contributed by atoms with E-state index < -0.39 is 0 Å². The number of rotatable bonds is 2. The van der Waals surface area contributed by atoms with Crippen molar-refractivity contribution in [3.63, 3.8) is 0 Å². The van der Waals surface area contributed by atoms with Crippen molar-refractivity contribution >= 4 is 0 Å². The van der Waals surface area contributed by atoms with Gasteiger partial charge in [-0.2, -0.15) is 0 Å². The summed E-state index contributed by atoms with van der Waals surface area (Å²) in [5.41, 5.74) is 0.718. The van der Waals surface area contributed by atoms with Crippen molar-refractivity contribution in [1.82, 2.24) is 5.32 Å². The molecule has 0 aromatic rings. The predicted octanol–water partition coefficient (Wildman–Crippen LogP) is 3.89. The molecule has 0 bridgehead atoms. The van der Waals surface area contributed by atoms with E-state index in [1.54, 1.807) is 0 Å². The fourth-order valence-electron chi connectivity index (χ4n) is 3.68. The zero-order valence-electron chi connectivity index (χ0n) is 12.8. The van der Waals surface area contributed by atoms with Gasteiger partial charge in [0, 0.05) is 13.1 Å². The zero-order valence-corrected chi connectivity index (χ0v) is 12.8. The van der Waals surface area contributed by atoms with E-state index in [0.29, 0.717) is 5.41 Å². The highest BCUT2D eigenvalue weighted by molar-refractivity contribution is 4.98. The molecule has 1 saturated carbocycles. The Hall–Kier alpha value is -0.0800. The summed E-state index contributed by atoms with van der Waals surface area (Å²) in [6.45, 7) is 11.5. The zero-order chi connectivity index (χ0) is 13.3. The lowest BCUT2D eigenvalue weighted by Crippen LogP contribution is -2.60. The van der Waals surface area contributed by atoms with E-state index in [4.69, 9.17) is 4.74 Å². The molecular formula is C16H31NO. The molecule has 0 aromatic carbocycles. The third-order valence-corrected chi connectivity index (χ3v) is 5.36. The molecule has 1 aliphatic heterocycles. The van der Waals surface area contributed by atoms with Crippen molar-refractivity contribution in [1.29, 1.82) is 0 Å². The number of nitrogens with one attached hydrogen (secondary N) is 1. The maximum Gasteiger partial charge on any atom is 0.0814 e. The second-order valence-electron chi connectivity index (χ2n) is 7.30. The first-order chi connectivity index (χ1) is 8.45. The van der Waals surface area contributed by atoms with Crippen LogP contribution < -0.4 is 5.32 Å². The van der Waals surface area contributed by atoms with Crippen LogP contribution in [0.2, 0.25) is 0 Å². The van der Waals surface area contributed by atoms with E-state index in [2.05, 4.69) is 33.0 Å². The van der Waals surface area contributed by atoms with Crippen LogP contribution in [0, 0.1) is 5.41 Å². The third kappa shape index (κ3) is 2.91. The van der Waals surface area contributed by atoms with Gasteiger partial charge in [-0.05, 0) is 43.9 Å². The monoisotopic (exact) mass is 253 g/mol. The molecule has 0 aromatic heterocycles. The molecule has 0 radical (unpaired) electrons. The first-order valence-corrected chi connectivity index (χ1v) is 7.86. The third-order valence-electron chi connectivity index (χ3n) is 5.36. The Kier molecular flexibility index (Phi) is 4.08. The molecule has 1 aliphatic carbocycles. The highest BCUT2D eigenvalue weighted by atomic mass is 16.5. The molecule has 2 nitrogen and oxygen atoms in total. The van der Waals surface area contributed by atoms with Gasteiger partial charge < -0.3 is 10.1 Å². The van der Waals surface area contributed by atoms with Gasteiger partial charge in [-0.25, -0.2) is 0 Å². The fourth-order valence-corrected chi connectivity index (χ4v) is 3.68. The molecule has 2 fully saturated rings. The summed E-state index contributed by atoms with van der Waals surface area (Å²) in [5, 5.41) is 3.67. The van der Waals surface area contributed by atoms with Gasteiger partial charge in [0.05, 0.1) is 11.2 Å². The molecule has 1 saturated heterocycles. The average molecular weight is 253 g/mol. The lowest BCUT2D eigenvalue weighted by Gasteiger charge is -2.48. The van der Waals surface area contributed by atoms with E-state index in [1.807, 2.05) is 0 Å². The molecule has 1 unspecified atom stereocenters. The molecule has 1 atom stereocenters. The smallest absolute Gasteiger partial charge is 0.0814 e. The van der Waals surface area contributed by atoms with Gasteiger partial charge >= 0.3 is 0 Å². The predicted molar refractivity (Wildman–Crippen MR) is 76.9 cm³/mol. The van der Waals surface area contributed by atoms with Crippen LogP contribution in [0.15, 0.2) is 0 Å². The molecule has 1 heterocycles. The second-order valence-corrected chi connectivity index (χ2v) is 7.30. The Balaban J connectivity index is 2.11. The number of ether oxygens (including phenoxy) is 1. The van der Waals surface area contributed by atoms with Crippen LogP contribution in [0.5, 0.6) is 0 Å². The summed E-state index contributed by atoms with van der Waals surface area (Å²) < 4.78 is 6.71. The van der Waals surface area contributed by atoms with E-state index in [1.165, 1.54) is 32.1 Å². The number of morpholine rings is 1. The molecule has 1 N–H and O–H groups in total. The summed E-state index contributed by atoms with van der Waals surface area (Å²) in [5.74, 6) is 0. The van der Waals surface area contributed by atoms with Crippen LogP contribution in [0.1, 0.15) is 72.6 Å². The molecule has 2 rings (SSSR count). The van der Waals surface area contributed by atoms with Gasteiger partial charge in [0.15, 0.2) is 0 Å². The summed E-state index contributed by atoms with van der Waals surface area (Å²) in [4.78, 5) is 0. The maximum atomic E-state index is 6.71. The van der Waals surface area contributed by atoms with Gasteiger partial charge in [0.1, 0.15) is 0 Å². The normalized spacial score (nSPS) is 35.3. The molecule has 18 heavy (non-hydrogen) atoms. The standard InChI is InChI=1S/C16H31NO/c1-5-15(6-2)12-17-13-16(18-15)9-7-8-14(3,4)10-11-16/h17H,5-13H2,1-4H3. The van der Waals surface area contributed by atoms with Crippen molar-refractivity contribution in [2.24, 2.45) is 5.41 Å². The summed E-state index contributed by atoms with van der Waals surface area (Å²) in [7, 11) is 0. The van der Waals surface area contributed by atoms with Crippen molar-refractivity contribution in [2.45, 2.75) is 83.8 Å². The first-order valence-electron chi connectivity index (χ1n) is 7.86. The van der Waals surface area contributed by atoms with Crippen LogP contribution in [0.3, 0.4) is 0 Å². The average Bonchev–Trinajstić information content (AvgIpc) is 2.49. The maximum absolute atomic E-state index is 6.71. The Labute approximate surface area is 113 Å². The molecular weight excluding hydrogens is 222 g/mol. The van der Waals surface area contributed by atoms with Gasteiger partial charge in [-0.3, -0.25) is 0 Å². The molecule has 106 valence electrons. The van der Waals surface area contributed by atoms with Gasteiger partial charge in [0.25, 0.3) is 0 Å². The van der Waals surface area contributed by atoms with Crippen LogP contribution >= 0.6 is 0 Å². The minimum Gasteiger partial charge on any atom is -0.366 e. The van der Waals surface area contributed by atoms with Crippen LogP contribution in [0.4, 0.5) is 0 Å². The number of hydrogen-bond acceptors (Lipinski definition) is 2. The molecule has 2 heteroatoms. The van der Waals surface area contributed by atoms with Crippen LogP contribution in [-0.2, 0) is 4.74 Å². The van der Waals surface area contributed by atoms with Crippen molar-refractivity contribution in [3.8, 4) is 0 Å². The van der Waals surface area contributed by atoms with Crippen molar-refractivity contribution in [3.05, 3.63) is 0 Å². The van der Waals surface area contributed by atoms with Crippen LogP contribution in [-0.4, -0.2) is 24.3 Å². The van der Waals surface area contributed by atoms with Gasteiger partial charge in [0.2, 0.25) is 0 Å². The van der Waals surface area contributed by atoms with Gasteiger partial charge in [-0.1, -0.05) is 34.1 Å². The largest absolute Gasteiger partial charge is 0.366 e. The lowest BCUT2D eigenvalue weighted by molar-refractivity contribution is -0.187.